The van der Waals surface area contributed by atoms with E-state index < -0.39 is 35.1 Å². The summed E-state index contributed by atoms with van der Waals surface area (Å²) in [7, 11) is 0. The number of nitrogens with zero attached hydrogens (tertiary/aromatic N) is 3. The Morgan fingerprint density at radius 1 is 0.931 bits per heavy atom. The molecule has 0 saturated carbocycles. The van der Waals surface area contributed by atoms with Gasteiger partial charge in [0, 0.05) is 23.5 Å². The normalized spacial score (nSPS) is 18.3. The molecule has 6 nitrogen and oxygen atoms in total. The molecule has 2 heterocycles. The summed E-state index contributed by atoms with van der Waals surface area (Å²) in [5.41, 5.74) is -0.235. The smallest absolute Gasteiger partial charge is 0.302 e. The van der Waals surface area contributed by atoms with E-state index in [2.05, 4.69) is 9.97 Å². The van der Waals surface area contributed by atoms with E-state index >= 15 is 0 Å². The van der Waals surface area contributed by atoms with Crippen LogP contribution in [0.15, 0.2) is 72.6 Å². The van der Waals surface area contributed by atoms with Gasteiger partial charge in [-0.25, -0.2) is 18.7 Å². The first-order valence-electron chi connectivity index (χ1n) is 8.57. The SMILES string of the molecule is O=C1C(=O)N(c2ncccn2)[C@@H](c2ccccc2F)/C1=C(\O)c1ccc(F)cc1. The van der Waals surface area contributed by atoms with Crippen molar-refractivity contribution in [1.82, 2.24) is 9.97 Å². The Morgan fingerprint density at radius 2 is 1.59 bits per heavy atom. The van der Waals surface area contributed by atoms with E-state index in [0.29, 0.717) is 0 Å². The molecule has 8 heteroatoms. The molecule has 1 aliphatic heterocycles. The van der Waals surface area contributed by atoms with Crippen LogP contribution < -0.4 is 4.90 Å². The first-order valence-corrected chi connectivity index (χ1v) is 8.57. The van der Waals surface area contributed by atoms with Crippen molar-refractivity contribution in [1.29, 1.82) is 0 Å². The molecule has 1 amide bonds. The topological polar surface area (TPSA) is 83.4 Å². The Bertz CT molecular complexity index is 1130. The second kappa shape index (κ2) is 7.23. The fourth-order valence-corrected chi connectivity index (χ4v) is 3.21. The maximum atomic E-state index is 14.6. The van der Waals surface area contributed by atoms with Crippen molar-refractivity contribution in [3.8, 4) is 0 Å². The molecule has 0 aliphatic carbocycles. The fourth-order valence-electron chi connectivity index (χ4n) is 3.21. The lowest BCUT2D eigenvalue weighted by Crippen LogP contribution is -2.31. The van der Waals surface area contributed by atoms with E-state index in [1.807, 2.05) is 0 Å². The standard InChI is InChI=1S/C21H13F2N3O3/c22-13-8-6-12(7-9-13)18(27)16-17(14-4-1-2-5-15(14)23)26(20(29)19(16)28)21-24-10-3-11-25-21/h1-11,17,27H/b18-16+/t17-/m0/s1. The van der Waals surface area contributed by atoms with Gasteiger partial charge >= 0.3 is 5.91 Å². The number of aliphatic hydroxyl groups excluding tert-OH is 1. The molecular formula is C21H13F2N3O3. The van der Waals surface area contributed by atoms with Crippen LogP contribution in [0.5, 0.6) is 0 Å². The molecule has 0 spiro atoms. The van der Waals surface area contributed by atoms with E-state index in [1.54, 1.807) is 6.07 Å². The van der Waals surface area contributed by atoms with Crippen LogP contribution in [0.25, 0.3) is 5.76 Å². The van der Waals surface area contributed by atoms with Crippen molar-refractivity contribution in [2.45, 2.75) is 6.04 Å². The first-order chi connectivity index (χ1) is 14.0. The maximum absolute atomic E-state index is 14.6. The first kappa shape index (κ1) is 18.4. The van der Waals surface area contributed by atoms with Gasteiger partial charge in [0.1, 0.15) is 23.4 Å². The molecule has 1 atom stereocenters. The average Bonchev–Trinajstić information content (AvgIpc) is 3.00. The number of carbonyl (C=O) groups excluding carboxylic acids is 2. The summed E-state index contributed by atoms with van der Waals surface area (Å²) in [6.45, 7) is 0. The van der Waals surface area contributed by atoms with Crippen molar-refractivity contribution in [3.63, 3.8) is 0 Å². The van der Waals surface area contributed by atoms with Gasteiger partial charge in [0.25, 0.3) is 5.78 Å². The van der Waals surface area contributed by atoms with Crippen molar-refractivity contribution >= 4 is 23.4 Å². The summed E-state index contributed by atoms with van der Waals surface area (Å²) in [5.74, 6) is -3.90. The van der Waals surface area contributed by atoms with Crippen LogP contribution in [-0.2, 0) is 9.59 Å². The van der Waals surface area contributed by atoms with Gasteiger partial charge < -0.3 is 5.11 Å². The third-order valence-corrected chi connectivity index (χ3v) is 4.53. The van der Waals surface area contributed by atoms with Crippen molar-refractivity contribution in [2.75, 3.05) is 4.90 Å². The number of hydrogen-bond acceptors (Lipinski definition) is 5. The minimum atomic E-state index is -1.29. The van der Waals surface area contributed by atoms with Crippen molar-refractivity contribution in [3.05, 3.63) is 95.3 Å². The highest BCUT2D eigenvalue weighted by atomic mass is 19.1. The molecule has 0 radical (unpaired) electrons. The van der Waals surface area contributed by atoms with E-state index in [0.717, 1.165) is 17.0 Å². The summed E-state index contributed by atoms with van der Waals surface area (Å²) in [6, 6.07) is 10.5. The van der Waals surface area contributed by atoms with E-state index in [4.69, 9.17) is 0 Å². The number of carbonyl (C=O) groups is 2. The van der Waals surface area contributed by atoms with Gasteiger partial charge in [-0.05, 0) is 36.4 Å². The van der Waals surface area contributed by atoms with Gasteiger partial charge in [0.15, 0.2) is 0 Å². The molecule has 1 aliphatic rings. The summed E-state index contributed by atoms with van der Waals surface area (Å²) in [6.07, 6.45) is 2.75. The summed E-state index contributed by atoms with van der Waals surface area (Å²) in [4.78, 5) is 34.5. The van der Waals surface area contributed by atoms with Crippen LogP contribution >= 0.6 is 0 Å². The molecule has 1 fully saturated rings. The van der Waals surface area contributed by atoms with E-state index in [9.17, 15) is 23.5 Å². The molecule has 0 bridgehead atoms. The van der Waals surface area contributed by atoms with Crippen molar-refractivity contribution < 1.29 is 23.5 Å². The minimum absolute atomic E-state index is 0.0113. The predicted octanol–water partition coefficient (Wildman–Crippen LogP) is 3.38. The zero-order valence-corrected chi connectivity index (χ0v) is 14.8. The largest absolute Gasteiger partial charge is 0.507 e. The number of amides is 1. The van der Waals surface area contributed by atoms with Gasteiger partial charge in [0.05, 0.1) is 5.57 Å². The van der Waals surface area contributed by atoms with Crippen LogP contribution in [0.4, 0.5) is 14.7 Å². The quantitative estimate of drug-likeness (QED) is 0.419. The molecule has 3 aromatic rings. The summed E-state index contributed by atoms with van der Waals surface area (Å²) >= 11 is 0. The highest BCUT2D eigenvalue weighted by molar-refractivity contribution is 6.51. The number of aromatic nitrogens is 2. The van der Waals surface area contributed by atoms with Gasteiger partial charge in [-0.15, -0.1) is 0 Å². The van der Waals surface area contributed by atoms with Crippen LogP contribution in [0.3, 0.4) is 0 Å². The number of benzene rings is 2. The van der Waals surface area contributed by atoms with E-state index in [1.165, 1.54) is 48.8 Å². The highest BCUT2D eigenvalue weighted by Crippen LogP contribution is 2.41. The number of halogens is 2. The number of anilines is 1. The Labute approximate surface area is 163 Å². The molecule has 2 aromatic carbocycles. The van der Waals surface area contributed by atoms with Crippen LogP contribution in [0.1, 0.15) is 17.2 Å². The lowest BCUT2D eigenvalue weighted by atomic mass is 9.95. The molecule has 1 aromatic heterocycles. The zero-order chi connectivity index (χ0) is 20.5. The van der Waals surface area contributed by atoms with Crippen LogP contribution in [0, 0.1) is 11.6 Å². The zero-order valence-electron chi connectivity index (χ0n) is 14.8. The number of hydrogen-bond donors (Lipinski definition) is 1. The Hall–Kier alpha value is -3.94. The second-order valence-electron chi connectivity index (χ2n) is 6.25. The average molecular weight is 393 g/mol. The number of Topliss-reactive ketones (excluding diaryl/α,β-unsaturated/α-hetero) is 1. The molecule has 1 saturated heterocycles. The number of ketones is 1. The number of aliphatic hydroxyl groups is 1. The second-order valence-corrected chi connectivity index (χ2v) is 6.25. The fraction of sp³-hybridized carbons (Fsp3) is 0.0476. The van der Waals surface area contributed by atoms with Gasteiger partial charge in [-0.1, -0.05) is 18.2 Å². The Kier molecular flexibility index (Phi) is 4.59. The Morgan fingerprint density at radius 3 is 2.24 bits per heavy atom. The Balaban J connectivity index is 1.97. The monoisotopic (exact) mass is 393 g/mol. The van der Waals surface area contributed by atoms with Gasteiger partial charge in [-0.2, -0.15) is 0 Å². The molecule has 29 heavy (non-hydrogen) atoms. The maximum Gasteiger partial charge on any atom is 0.302 e. The molecule has 4 rings (SSSR count). The minimum Gasteiger partial charge on any atom is -0.507 e. The lowest BCUT2D eigenvalue weighted by molar-refractivity contribution is -0.132. The third-order valence-electron chi connectivity index (χ3n) is 4.53. The van der Waals surface area contributed by atoms with Crippen LogP contribution in [-0.4, -0.2) is 26.8 Å². The van der Waals surface area contributed by atoms with Crippen LogP contribution in [0.2, 0.25) is 0 Å². The molecule has 1 N–H and O–H groups in total. The molecule has 144 valence electrons. The predicted molar refractivity (Wildman–Crippen MR) is 99.6 cm³/mol. The number of rotatable bonds is 3. The lowest BCUT2D eigenvalue weighted by Gasteiger charge is -2.23. The molecular weight excluding hydrogens is 380 g/mol. The van der Waals surface area contributed by atoms with Gasteiger partial charge in [-0.3, -0.25) is 14.5 Å². The van der Waals surface area contributed by atoms with E-state index in [-0.39, 0.29) is 22.6 Å². The third kappa shape index (κ3) is 3.14. The van der Waals surface area contributed by atoms with Crippen molar-refractivity contribution in [2.24, 2.45) is 0 Å². The summed E-state index contributed by atoms with van der Waals surface area (Å²) < 4.78 is 27.9. The highest BCUT2D eigenvalue weighted by Gasteiger charge is 2.48. The summed E-state index contributed by atoms with van der Waals surface area (Å²) in [5, 5.41) is 10.8. The molecule has 0 unspecified atom stereocenters. The van der Waals surface area contributed by atoms with Gasteiger partial charge in [0.2, 0.25) is 5.95 Å².